The first-order valence-electron chi connectivity index (χ1n) is 6.09. The second kappa shape index (κ2) is 6.41. The molecule has 1 heterocycles. The molecular weight excluding hydrogens is 172 g/mol. The molecule has 1 atom stereocenters. The molecule has 1 N–H and O–H groups in total. The standard InChI is InChI=1S/C12H26N2/c1-4-5-12(10-14(2)3)11-6-8-13-9-7-11/h11-13H,4-10H2,1-3H3. The van der Waals surface area contributed by atoms with Gasteiger partial charge in [-0.25, -0.2) is 0 Å². The van der Waals surface area contributed by atoms with Crippen LogP contribution in [-0.2, 0) is 0 Å². The molecule has 14 heavy (non-hydrogen) atoms. The second-order valence-corrected chi connectivity index (χ2v) is 4.90. The predicted molar refractivity (Wildman–Crippen MR) is 62.5 cm³/mol. The van der Waals surface area contributed by atoms with Crippen LogP contribution >= 0.6 is 0 Å². The quantitative estimate of drug-likeness (QED) is 0.726. The molecule has 2 nitrogen and oxygen atoms in total. The van der Waals surface area contributed by atoms with Crippen LogP contribution in [0, 0.1) is 11.8 Å². The fourth-order valence-electron chi connectivity index (χ4n) is 2.63. The molecule has 0 aromatic carbocycles. The van der Waals surface area contributed by atoms with Crippen molar-refractivity contribution < 1.29 is 0 Å². The Kier molecular flexibility index (Phi) is 5.49. The van der Waals surface area contributed by atoms with Crippen molar-refractivity contribution in [2.75, 3.05) is 33.7 Å². The number of piperidine rings is 1. The van der Waals surface area contributed by atoms with Gasteiger partial charge in [-0.15, -0.1) is 0 Å². The number of nitrogens with one attached hydrogen (secondary N) is 1. The summed E-state index contributed by atoms with van der Waals surface area (Å²) in [5.41, 5.74) is 0. The summed E-state index contributed by atoms with van der Waals surface area (Å²) in [4.78, 5) is 2.35. The van der Waals surface area contributed by atoms with Crippen LogP contribution in [0.1, 0.15) is 32.6 Å². The SMILES string of the molecule is CCCC(CN(C)C)C1CCNCC1. The third-order valence-corrected chi connectivity index (χ3v) is 3.31. The minimum absolute atomic E-state index is 0.928. The van der Waals surface area contributed by atoms with Crippen molar-refractivity contribution >= 4 is 0 Å². The molecule has 0 aromatic heterocycles. The minimum Gasteiger partial charge on any atom is -0.317 e. The van der Waals surface area contributed by atoms with Gasteiger partial charge in [-0.05, 0) is 58.3 Å². The van der Waals surface area contributed by atoms with Crippen molar-refractivity contribution in [2.24, 2.45) is 11.8 Å². The molecule has 0 radical (unpaired) electrons. The average Bonchev–Trinajstić information content (AvgIpc) is 2.18. The van der Waals surface area contributed by atoms with E-state index in [1.54, 1.807) is 0 Å². The van der Waals surface area contributed by atoms with Gasteiger partial charge in [-0.2, -0.15) is 0 Å². The van der Waals surface area contributed by atoms with Crippen LogP contribution < -0.4 is 5.32 Å². The first-order chi connectivity index (χ1) is 6.74. The van der Waals surface area contributed by atoms with Gasteiger partial charge in [0.15, 0.2) is 0 Å². The largest absolute Gasteiger partial charge is 0.317 e. The molecule has 1 aliphatic rings. The molecular formula is C12H26N2. The Balaban J connectivity index is 2.38. The Hall–Kier alpha value is -0.0800. The van der Waals surface area contributed by atoms with Crippen molar-refractivity contribution in [1.29, 1.82) is 0 Å². The highest BCUT2D eigenvalue weighted by molar-refractivity contribution is 4.77. The van der Waals surface area contributed by atoms with Crippen LogP contribution in [0.5, 0.6) is 0 Å². The summed E-state index contributed by atoms with van der Waals surface area (Å²) in [5.74, 6) is 1.90. The molecule has 1 saturated heterocycles. The summed E-state index contributed by atoms with van der Waals surface area (Å²) in [6.45, 7) is 6.05. The van der Waals surface area contributed by atoms with Crippen LogP contribution in [0.3, 0.4) is 0 Å². The average molecular weight is 198 g/mol. The number of hydrogen-bond acceptors (Lipinski definition) is 2. The van der Waals surface area contributed by atoms with Gasteiger partial charge in [0.1, 0.15) is 0 Å². The first-order valence-corrected chi connectivity index (χ1v) is 6.09. The molecule has 0 aromatic rings. The molecule has 0 bridgehead atoms. The molecule has 1 aliphatic heterocycles. The summed E-state index contributed by atoms with van der Waals surface area (Å²) in [6.07, 6.45) is 5.52. The molecule has 0 spiro atoms. The van der Waals surface area contributed by atoms with E-state index >= 15 is 0 Å². The Morgan fingerprint density at radius 2 is 1.93 bits per heavy atom. The molecule has 0 amide bonds. The molecule has 1 fully saturated rings. The highest BCUT2D eigenvalue weighted by atomic mass is 15.1. The summed E-state index contributed by atoms with van der Waals surface area (Å²) >= 11 is 0. The third kappa shape index (κ3) is 3.97. The lowest BCUT2D eigenvalue weighted by Gasteiger charge is -2.32. The zero-order valence-electron chi connectivity index (χ0n) is 10.1. The van der Waals surface area contributed by atoms with Crippen molar-refractivity contribution in [3.05, 3.63) is 0 Å². The Morgan fingerprint density at radius 1 is 1.29 bits per heavy atom. The summed E-state index contributed by atoms with van der Waals surface area (Å²) in [7, 11) is 4.40. The third-order valence-electron chi connectivity index (χ3n) is 3.31. The van der Waals surface area contributed by atoms with E-state index in [0.717, 1.165) is 11.8 Å². The van der Waals surface area contributed by atoms with Crippen LogP contribution in [0.4, 0.5) is 0 Å². The summed E-state index contributed by atoms with van der Waals surface area (Å²) < 4.78 is 0. The van der Waals surface area contributed by atoms with Gasteiger partial charge in [0.05, 0.1) is 0 Å². The Labute approximate surface area is 89.1 Å². The van der Waals surface area contributed by atoms with E-state index in [1.165, 1.54) is 45.3 Å². The fourth-order valence-corrected chi connectivity index (χ4v) is 2.63. The highest BCUT2D eigenvalue weighted by Gasteiger charge is 2.22. The zero-order chi connectivity index (χ0) is 10.4. The maximum Gasteiger partial charge on any atom is 0.000622 e. The van der Waals surface area contributed by atoms with Gasteiger partial charge >= 0.3 is 0 Å². The lowest BCUT2D eigenvalue weighted by atomic mass is 9.82. The molecule has 1 rings (SSSR count). The van der Waals surface area contributed by atoms with Crippen molar-refractivity contribution in [1.82, 2.24) is 10.2 Å². The van der Waals surface area contributed by atoms with Gasteiger partial charge in [0.25, 0.3) is 0 Å². The second-order valence-electron chi connectivity index (χ2n) is 4.90. The van der Waals surface area contributed by atoms with E-state index in [-0.39, 0.29) is 0 Å². The molecule has 84 valence electrons. The van der Waals surface area contributed by atoms with Gasteiger partial charge in [-0.3, -0.25) is 0 Å². The van der Waals surface area contributed by atoms with E-state index in [4.69, 9.17) is 0 Å². The lowest BCUT2D eigenvalue weighted by molar-refractivity contribution is 0.195. The topological polar surface area (TPSA) is 15.3 Å². The number of hydrogen-bond donors (Lipinski definition) is 1. The van der Waals surface area contributed by atoms with Gasteiger partial charge < -0.3 is 10.2 Å². The zero-order valence-corrected chi connectivity index (χ0v) is 10.1. The van der Waals surface area contributed by atoms with Gasteiger partial charge in [-0.1, -0.05) is 13.3 Å². The normalized spacial score (nSPS) is 21.4. The minimum atomic E-state index is 0.928. The van der Waals surface area contributed by atoms with Gasteiger partial charge in [0, 0.05) is 6.54 Å². The van der Waals surface area contributed by atoms with E-state index in [0.29, 0.717) is 0 Å². The monoisotopic (exact) mass is 198 g/mol. The van der Waals surface area contributed by atoms with Gasteiger partial charge in [0.2, 0.25) is 0 Å². The van der Waals surface area contributed by atoms with Crippen molar-refractivity contribution in [3.8, 4) is 0 Å². The van der Waals surface area contributed by atoms with E-state index < -0.39 is 0 Å². The lowest BCUT2D eigenvalue weighted by Crippen LogP contribution is -2.35. The van der Waals surface area contributed by atoms with Crippen LogP contribution in [0.25, 0.3) is 0 Å². The number of nitrogens with zero attached hydrogens (tertiary/aromatic N) is 1. The Bertz CT molecular complexity index is 139. The predicted octanol–water partition coefficient (Wildman–Crippen LogP) is 1.96. The van der Waals surface area contributed by atoms with Crippen molar-refractivity contribution in [2.45, 2.75) is 32.6 Å². The molecule has 1 unspecified atom stereocenters. The fraction of sp³-hybridized carbons (Fsp3) is 1.00. The maximum atomic E-state index is 3.45. The van der Waals surface area contributed by atoms with Crippen LogP contribution in [-0.4, -0.2) is 38.6 Å². The summed E-state index contributed by atoms with van der Waals surface area (Å²) in [6, 6.07) is 0. The highest BCUT2D eigenvalue weighted by Crippen LogP contribution is 2.26. The van der Waals surface area contributed by atoms with Crippen LogP contribution in [0.15, 0.2) is 0 Å². The molecule has 0 aliphatic carbocycles. The number of rotatable bonds is 5. The molecule has 0 saturated carbocycles. The van der Waals surface area contributed by atoms with Crippen molar-refractivity contribution in [3.63, 3.8) is 0 Å². The molecule has 2 heteroatoms. The van der Waals surface area contributed by atoms with E-state index in [1.807, 2.05) is 0 Å². The first kappa shape index (κ1) is 12.0. The Morgan fingerprint density at radius 3 is 2.43 bits per heavy atom. The van der Waals surface area contributed by atoms with E-state index in [9.17, 15) is 0 Å². The van der Waals surface area contributed by atoms with E-state index in [2.05, 4.69) is 31.2 Å². The smallest absolute Gasteiger partial charge is 0.000622 e. The van der Waals surface area contributed by atoms with Crippen LogP contribution in [0.2, 0.25) is 0 Å². The maximum absolute atomic E-state index is 3.45. The summed E-state index contributed by atoms with van der Waals surface area (Å²) in [5, 5.41) is 3.45.